The van der Waals surface area contributed by atoms with Crippen molar-refractivity contribution >= 4 is 23.4 Å². The molecule has 0 saturated heterocycles. The van der Waals surface area contributed by atoms with Crippen LogP contribution in [0.15, 0.2) is 41.3 Å². The Bertz CT molecular complexity index is 644. The van der Waals surface area contributed by atoms with Gasteiger partial charge in [0.15, 0.2) is 0 Å². The zero-order chi connectivity index (χ0) is 15.2. The number of aromatic nitrogens is 1. The molecule has 2 rings (SSSR count). The number of thioether (sulfide) groups is 1. The van der Waals surface area contributed by atoms with E-state index in [-0.39, 0.29) is 0 Å². The Morgan fingerprint density at radius 2 is 2.05 bits per heavy atom. The van der Waals surface area contributed by atoms with Gasteiger partial charge in [-0.1, -0.05) is 19.1 Å². The minimum Gasteiger partial charge on any atom is -0.478 e. The van der Waals surface area contributed by atoms with Gasteiger partial charge in [0, 0.05) is 10.6 Å². The molecule has 21 heavy (non-hydrogen) atoms. The molecule has 0 aliphatic rings. The molecule has 0 unspecified atom stereocenters. The topological polar surface area (TPSA) is 62.2 Å². The molecule has 0 saturated carbocycles. The van der Waals surface area contributed by atoms with Crippen LogP contribution in [0.3, 0.4) is 0 Å². The van der Waals surface area contributed by atoms with Crippen molar-refractivity contribution in [1.82, 2.24) is 4.98 Å². The highest BCUT2D eigenvalue weighted by atomic mass is 32.2. The van der Waals surface area contributed by atoms with Crippen molar-refractivity contribution in [2.75, 3.05) is 11.1 Å². The van der Waals surface area contributed by atoms with Crippen LogP contribution >= 0.6 is 11.8 Å². The maximum absolute atomic E-state index is 11.5. The highest BCUT2D eigenvalue weighted by Crippen LogP contribution is 2.28. The van der Waals surface area contributed by atoms with Gasteiger partial charge < -0.3 is 10.4 Å². The van der Waals surface area contributed by atoms with Crippen LogP contribution in [0.2, 0.25) is 0 Å². The third kappa shape index (κ3) is 3.98. The van der Waals surface area contributed by atoms with Gasteiger partial charge in [0.05, 0.1) is 23.5 Å². The summed E-state index contributed by atoms with van der Waals surface area (Å²) >= 11 is 1.53. The Morgan fingerprint density at radius 1 is 1.29 bits per heavy atom. The number of pyridine rings is 1. The molecule has 0 amide bonds. The third-order valence-electron chi connectivity index (χ3n) is 2.95. The van der Waals surface area contributed by atoms with Gasteiger partial charge in [-0.05, 0) is 36.9 Å². The largest absolute Gasteiger partial charge is 0.478 e. The molecule has 0 spiro atoms. The van der Waals surface area contributed by atoms with E-state index >= 15 is 0 Å². The van der Waals surface area contributed by atoms with Crippen molar-refractivity contribution in [2.24, 2.45) is 0 Å². The maximum Gasteiger partial charge on any atom is 0.338 e. The summed E-state index contributed by atoms with van der Waals surface area (Å²) in [7, 11) is 0. The number of aromatic carboxylic acids is 1. The van der Waals surface area contributed by atoms with Crippen LogP contribution in [0.5, 0.6) is 0 Å². The lowest BCUT2D eigenvalue weighted by Crippen LogP contribution is -2.09. The highest BCUT2D eigenvalue weighted by Gasteiger charge is 2.15. The molecule has 2 N–H and O–H groups in total. The maximum atomic E-state index is 11.5. The third-order valence-corrected chi connectivity index (χ3v) is 3.89. The van der Waals surface area contributed by atoms with E-state index < -0.39 is 5.97 Å². The number of benzene rings is 1. The van der Waals surface area contributed by atoms with E-state index in [0.29, 0.717) is 17.8 Å². The summed E-state index contributed by atoms with van der Waals surface area (Å²) in [6, 6.07) is 11.3. The van der Waals surface area contributed by atoms with E-state index in [1.165, 1.54) is 11.8 Å². The predicted octanol–water partition coefficient (Wildman–Crippen LogP) is 3.81. The van der Waals surface area contributed by atoms with E-state index in [4.69, 9.17) is 0 Å². The fraction of sp³-hybridized carbons (Fsp3) is 0.250. The van der Waals surface area contributed by atoms with Gasteiger partial charge >= 0.3 is 5.97 Å². The van der Waals surface area contributed by atoms with Gasteiger partial charge in [-0.2, -0.15) is 0 Å². The average Bonchev–Trinajstić information content (AvgIpc) is 2.45. The normalized spacial score (nSPS) is 10.4. The zero-order valence-electron chi connectivity index (χ0n) is 12.1. The van der Waals surface area contributed by atoms with Gasteiger partial charge in [-0.3, -0.25) is 4.98 Å². The Morgan fingerprint density at radius 3 is 2.71 bits per heavy atom. The molecule has 110 valence electrons. The number of carboxylic acids is 1. The highest BCUT2D eigenvalue weighted by molar-refractivity contribution is 7.99. The molecule has 0 atom stereocenters. The van der Waals surface area contributed by atoms with Gasteiger partial charge in [-0.15, -0.1) is 11.8 Å². The average molecular weight is 302 g/mol. The quantitative estimate of drug-likeness (QED) is 0.794. The van der Waals surface area contributed by atoms with Crippen LogP contribution in [0.25, 0.3) is 0 Å². The minimum absolute atomic E-state index is 0.331. The van der Waals surface area contributed by atoms with Crippen molar-refractivity contribution in [3.05, 3.63) is 53.3 Å². The van der Waals surface area contributed by atoms with Crippen LogP contribution in [-0.4, -0.2) is 21.8 Å². The molecule has 1 heterocycles. The number of nitrogens with one attached hydrogen (secondary N) is 1. The molecule has 1 aromatic heterocycles. The molecule has 5 heteroatoms. The number of rotatable bonds is 6. The standard InChI is InChI=1S/C16H18N2O2S/c1-3-21-14-9-5-8-13(15(14)16(19)20)17-10-12-7-4-6-11(2)18-12/h4-9,17H,3,10H2,1-2H3,(H,19,20). The smallest absolute Gasteiger partial charge is 0.338 e. The Hall–Kier alpha value is -2.01. The molecule has 0 fully saturated rings. The van der Waals surface area contributed by atoms with Crippen LogP contribution < -0.4 is 5.32 Å². The molecule has 0 aliphatic carbocycles. The van der Waals surface area contributed by atoms with Gasteiger partial charge in [0.1, 0.15) is 0 Å². The summed E-state index contributed by atoms with van der Waals surface area (Å²) in [5.41, 5.74) is 2.80. The van der Waals surface area contributed by atoms with Crippen molar-refractivity contribution in [2.45, 2.75) is 25.3 Å². The molecule has 0 aliphatic heterocycles. The van der Waals surface area contributed by atoms with Crippen LogP contribution in [-0.2, 0) is 6.54 Å². The summed E-state index contributed by atoms with van der Waals surface area (Å²) in [4.78, 5) is 16.7. The molecule has 1 aromatic carbocycles. The number of aryl methyl sites for hydroxylation is 1. The molecule has 0 bridgehead atoms. The van der Waals surface area contributed by atoms with Gasteiger partial charge in [-0.25, -0.2) is 4.79 Å². The van der Waals surface area contributed by atoms with Crippen molar-refractivity contribution in [3.8, 4) is 0 Å². The van der Waals surface area contributed by atoms with Crippen molar-refractivity contribution < 1.29 is 9.90 Å². The lowest BCUT2D eigenvalue weighted by atomic mass is 10.1. The molecular weight excluding hydrogens is 284 g/mol. The number of carbonyl (C=O) groups is 1. The summed E-state index contributed by atoms with van der Waals surface area (Å²) < 4.78 is 0. The first kappa shape index (κ1) is 15.4. The molecule has 4 nitrogen and oxygen atoms in total. The van der Waals surface area contributed by atoms with Crippen LogP contribution in [0.4, 0.5) is 5.69 Å². The summed E-state index contributed by atoms with van der Waals surface area (Å²) in [5.74, 6) is -0.0744. The van der Waals surface area contributed by atoms with Crippen LogP contribution in [0.1, 0.15) is 28.7 Å². The lowest BCUT2D eigenvalue weighted by Gasteiger charge is -2.12. The van der Waals surface area contributed by atoms with E-state index in [1.54, 1.807) is 6.07 Å². The fourth-order valence-corrected chi connectivity index (χ4v) is 2.89. The van der Waals surface area contributed by atoms with Gasteiger partial charge in [0.2, 0.25) is 0 Å². The number of nitrogens with zero attached hydrogens (tertiary/aromatic N) is 1. The fourth-order valence-electron chi connectivity index (χ4n) is 2.06. The Kier molecular flexibility index (Phi) is 5.22. The molecule has 2 aromatic rings. The Balaban J connectivity index is 2.23. The number of carboxylic acid groups (broad SMARTS) is 1. The summed E-state index contributed by atoms with van der Waals surface area (Å²) in [6.45, 7) is 4.44. The minimum atomic E-state index is -0.911. The first-order valence-electron chi connectivity index (χ1n) is 6.77. The molecule has 0 radical (unpaired) electrons. The lowest BCUT2D eigenvalue weighted by molar-refractivity contribution is 0.0694. The van der Waals surface area contributed by atoms with E-state index in [0.717, 1.165) is 22.0 Å². The predicted molar refractivity (Wildman–Crippen MR) is 86.1 cm³/mol. The van der Waals surface area contributed by atoms with E-state index in [2.05, 4.69) is 10.3 Å². The second kappa shape index (κ2) is 7.13. The second-order valence-corrected chi connectivity index (χ2v) is 5.85. The first-order chi connectivity index (χ1) is 10.1. The number of hydrogen-bond donors (Lipinski definition) is 2. The van der Waals surface area contributed by atoms with E-state index in [9.17, 15) is 9.90 Å². The van der Waals surface area contributed by atoms with Crippen LogP contribution in [0, 0.1) is 6.92 Å². The number of anilines is 1. The first-order valence-corrected chi connectivity index (χ1v) is 7.76. The molecular formula is C16H18N2O2S. The zero-order valence-corrected chi connectivity index (χ0v) is 12.9. The van der Waals surface area contributed by atoms with Crippen molar-refractivity contribution in [3.63, 3.8) is 0 Å². The Labute approximate surface area is 128 Å². The summed E-state index contributed by atoms with van der Waals surface area (Å²) in [6.07, 6.45) is 0. The summed E-state index contributed by atoms with van der Waals surface area (Å²) in [5, 5.41) is 12.6. The van der Waals surface area contributed by atoms with Crippen molar-refractivity contribution in [1.29, 1.82) is 0 Å². The van der Waals surface area contributed by atoms with Gasteiger partial charge in [0.25, 0.3) is 0 Å². The second-order valence-electron chi connectivity index (χ2n) is 4.54. The SMILES string of the molecule is CCSc1cccc(NCc2cccc(C)n2)c1C(=O)O. The number of hydrogen-bond acceptors (Lipinski definition) is 4. The van der Waals surface area contributed by atoms with E-state index in [1.807, 2.05) is 44.2 Å². The monoisotopic (exact) mass is 302 g/mol.